The molecule has 1 unspecified atom stereocenters. The van der Waals surface area contributed by atoms with Crippen molar-refractivity contribution in [2.45, 2.75) is 13.0 Å². The molecule has 3 nitrogen and oxygen atoms in total. The molecule has 1 aliphatic heterocycles. The second kappa shape index (κ2) is 4.87. The normalized spacial score (nSPS) is 18.5. The lowest BCUT2D eigenvalue weighted by Gasteiger charge is -2.29. The van der Waals surface area contributed by atoms with Gasteiger partial charge in [0.25, 0.3) is 0 Å². The van der Waals surface area contributed by atoms with Crippen LogP contribution in [0.5, 0.6) is 11.5 Å². The maximum absolute atomic E-state index is 13.3. The molecule has 5 heteroatoms. The Labute approximate surface area is 98.9 Å². The Morgan fingerprint density at radius 3 is 2.88 bits per heavy atom. The van der Waals surface area contributed by atoms with Crippen LogP contribution >= 0.6 is 0 Å². The van der Waals surface area contributed by atoms with Gasteiger partial charge < -0.3 is 14.4 Å². The topological polar surface area (TPSA) is 21.7 Å². The molecule has 1 aliphatic rings. The van der Waals surface area contributed by atoms with Gasteiger partial charge in [-0.2, -0.15) is 0 Å². The zero-order valence-electron chi connectivity index (χ0n) is 9.87. The second-order valence-corrected chi connectivity index (χ2v) is 4.12. The number of nitrogens with zero attached hydrogens (tertiary/aromatic N) is 1. The van der Waals surface area contributed by atoms with Crippen molar-refractivity contribution in [3.63, 3.8) is 0 Å². The molecule has 1 aromatic rings. The lowest BCUT2D eigenvalue weighted by molar-refractivity contribution is 0.0628. The number of ether oxygens (including phenoxy) is 2. The molecule has 1 heterocycles. The standard InChI is InChI=1S/C12H15F2NO2/c1-3-15(2)6-9-7-16-12-10(14)4-8(13)5-11(12)17-9/h4-5,9H,3,6-7H2,1-2H3. The Morgan fingerprint density at radius 2 is 2.18 bits per heavy atom. The lowest BCUT2D eigenvalue weighted by atomic mass is 10.2. The van der Waals surface area contributed by atoms with Gasteiger partial charge >= 0.3 is 0 Å². The van der Waals surface area contributed by atoms with Gasteiger partial charge in [0.1, 0.15) is 18.5 Å². The van der Waals surface area contributed by atoms with Crippen LogP contribution in [-0.2, 0) is 0 Å². The van der Waals surface area contributed by atoms with Gasteiger partial charge in [-0.05, 0) is 13.6 Å². The summed E-state index contributed by atoms with van der Waals surface area (Å²) in [5, 5.41) is 0. The van der Waals surface area contributed by atoms with Crippen molar-refractivity contribution < 1.29 is 18.3 Å². The summed E-state index contributed by atoms with van der Waals surface area (Å²) in [6.45, 7) is 3.84. The molecule has 0 spiro atoms. The van der Waals surface area contributed by atoms with Gasteiger partial charge in [-0.15, -0.1) is 0 Å². The zero-order chi connectivity index (χ0) is 12.4. The van der Waals surface area contributed by atoms with Crippen molar-refractivity contribution in [3.05, 3.63) is 23.8 Å². The van der Waals surface area contributed by atoms with Crippen molar-refractivity contribution in [2.24, 2.45) is 0 Å². The van der Waals surface area contributed by atoms with E-state index < -0.39 is 11.6 Å². The summed E-state index contributed by atoms with van der Waals surface area (Å²) < 4.78 is 37.2. The minimum atomic E-state index is -0.720. The van der Waals surface area contributed by atoms with Gasteiger partial charge in [0.2, 0.25) is 0 Å². The first kappa shape index (κ1) is 12.1. The Kier molecular flexibility index (Phi) is 3.47. The fourth-order valence-electron chi connectivity index (χ4n) is 1.72. The quantitative estimate of drug-likeness (QED) is 0.811. The van der Waals surface area contributed by atoms with Crippen molar-refractivity contribution in [1.29, 1.82) is 0 Å². The van der Waals surface area contributed by atoms with Gasteiger partial charge in [0, 0.05) is 18.7 Å². The molecular weight excluding hydrogens is 228 g/mol. The molecule has 0 saturated carbocycles. The molecule has 1 aromatic carbocycles. The SMILES string of the molecule is CCN(C)CC1COc2c(F)cc(F)cc2O1. The molecule has 0 aliphatic carbocycles. The third-order valence-electron chi connectivity index (χ3n) is 2.74. The highest BCUT2D eigenvalue weighted by molar-refractivity contribution is 5.42. The molecule has 0 N–H and O–H groups in total. The van der Waals surface area contributed by atoms with Crippen LogP contribution in [-0.4, -0.2) is 37.7 Å². The molecule has 0 radical (unpaired) electrons. The summed E-state index contributed by atoms with van der Waals surface area (Å²) in [7, 11) is 1.95. The second-order valence-electron chi connectivity index (χ2n) is 4.12. The molecule has 17 heavy (non-hydrogen) atoms. The number of benzene rings is 1. The lowest BCUT2D eigenvalue weighted by Crippen LogP contribution is -2.39. The van der Waals surface area contributed by atoms with Crippen LogP contribution in [0.15, 0.2) is 12.1 Å². The maximum Gasteiger partial charge on any atom is 0.197 e. The highest BCUT2D eigenvalue weighted by atomic mass is 19.1. The summed E-state index contributed by atoms with van der Waals surface area (Å²) in [6.07, 6.45) is -0.200. The minimum absolute atomic E-state index is 0.00167. The first-order valence-electron chi connectivity index (χ1n) is 5.57. The Bertz CT molecular complexity index is 412. The van der Waals surface area contributed by atoms with Crippen LogP contribution in [0, 0.1) is 11.6 Å². The van der Waals surface area contributed by atoms with Gasteiger partial charge in [-0.25, -0.2) is 8.78 Å². The van der Waals surface area contributed by atoms with E-state index in [1.165, 1.54) is 0 Å². The highest BCUT2D eigenvalue weighted by Crippen LogP contribution is 2.35. The Morgan fingerprint density at radius 1 is 1.41 bits per heavy atom. The Balaban J connectivity index is 2.13. The first-order valence-corrected chi connectivity index (χ1v) is 5.57. The van der Waals surface area contributed by atoms with E-state index in [9.17, 15) is 8.78 Å². The minimum Gasteiger partial charge on any atom is -0.483 e. The molecular formula is C12H15F2NO2. The third-order valence-corrected chi connectivity index (χ3v) is 2.74. The van der Waals surface area contributed by atoms with E-state index in [1.54, 1.807) is 0 Å². The van der Waals surface area contributed by atoms with Crippen LogP contribution in [0.3, 0.4) is 0 Å². The molecule has 0 bridgehead atoms. The summed E-state index contributed by atoms with van der Waals surface area (Å²) in [6, 6.07) is 1.94. The molecule has 0 saturated heterocycles. The summed E-state index contributed by atoms with van der Waals surface area (Å²) in [5.74, 6) is -1.23. The van der Waals surface area contributed by atoms with Gasteiger partial charge in [-0.3, -0.25) is 0 Å². The van der Waals surface area contributed by atoms with Crippen LogP contribution in [0.1, 0.15) is 6.92 Å². The van der Waals surface area contributed by atoms with E-state index in [1.807, 2.05) is 14.0 Å². The molecule has 0 aromatic heterocycles. The first-order chi connectivity index (χ1) is 8.10. The number of rotatable bonds is 3. The number of hydrogen-bond donors (Lipinski definition) is 0. The van der Waals surface area contributed by atoms with Gasteiger partial charge in [0.05, 0.1) is 0 Å². The van der Waals surface area contributed by atoms with Crippen molar-refractivity contribution in [1.82, 2.24) is 4.90 Å². The van der Waals surface area contributed by atoms with E-state index in [2.05, 4.69) is 4.90 Å². The van der Waals surface area contributed by atoms with Crippen LogP contribution in [0.4, 0.5) is 8.78 Å². The molecule has 2 rings (SSSR count). The average Bonchev–Trinajstić information content (AvgIpc) is 2.28. The number of halogens is 2. The van der Waals surface area contributed by atoms with E-state index in [4.69, 9.17) is 9.47 Å². The summed E-state index contributed by atoms with van der Waals surface area (Å²) >= 11 is 0. The largest absolute Gasteiger partial charge is 0.483 e. The Hall–Kier alpha value is -1.36. The molecule has 94 valence electrons. The zero-order valence-corrected chi connectivity index (χ0v) is 9.87. The van der Waals surface area contributed by atoms with E-state index >= 15 is 0 Å². The van der Waals surface area contributed by atoms with E-state index in [0.717, 1.165) is 18.7 Å². The highest BCUT2D eigenvalue weighted by Gasteiger charge is 2.25. The van der Waals surface area contributed by atoms with E-state index in [0.29, 0.717) is 6.54 Å². The van der Waals surface area contributed by atoms with Crippen LogP contribution < -0.4 is 9.47 Å². The predicted molar refractivity (Wildman–Crippen MR) is 59.4 cm³/mol. The summed E-state index contributed by atoms with van der Waals surface area (Å²) in [4.78, 5) is 2.05. The molecule has 0 amide bonds. The fourth-order valence-corrected chi connectivity index (χ4v) is 1.72. The average molecular weight is 243 g/mol. The summed E-state index contributed by atoms with van der Waals surface area (Å²) in [5.41, 5.74) is 0. The fraction of sp³-hybridized carbons (Fsp3) is 0.500. The van der Waals surface area contributed by atoms with Crippen molar-refractivity contribution in [3.8, 4) is 11.5 Å². The maximum atomic E-state index is 13.3. The molecule has 1 atom stereocenters. The van der Waals surface area contributed by atoms with Crippen molar-refractivity contribution in [2.75, 3.05) is 26.7 Å². The monoisotopic (exact) mass is 243 g/mol. The third kappa shape index (κ3) is 2.66. The molecule has 0 fully saturated rings. The van der Waals surface area contributed by atoms with Gasteiger partial charge in [-0.1, -0.05) is 6.92 Å². The number of likely N-dealkylation sites (N-methyl/N-ethyl adjacent to an activating group) is 1. The number of fused-ring (bicyclic) bond motifs is 1. The van der Waals surface area contributed by atoms with Crippen molar-refractivity contribution >= 4 is 0 Å². The van der Waals surface area contributed by atoms with Crippen LogP contribution in [0.25, 0.3) is 0 Å². The smallest absolute Gasteiger partial charge is 0.197 e. The number of hydrogen-bond acceptors (Lipinski definition) is 3. The van der Waals surface area contributed by atoms with E-state index in [-0.39, 0.29) is 24.2 Å². The van der Waals surface area contributed by atoms with Gasteiger partial charge in [0.15, 0.2) is 17.3 Å². The predicted octanol–water partition coefficient (Wildman–Crippen LogP) is 2.06. The van der Waals surface area contributed by atoms with Crippen LogP contribution in [0.2, 0.25) is 0 Å².